The molecule has 0 aromatic carbocycles. The molecule has 0 radical (unpaired) electrons. The summed E-state index contributed by atoms with van der Waals surface area (Å²) in [6, 6.07) is 0. The molecule has 0 aliphatic rings. The summed E-state index contributed by atoms with van der Waals surface area (Å²) in [4.78, 5) is 0. The summed E-state index contributed by atoms with van der Waals surface area (Å²) in [5.41, 5.74) is 4.11. The second-order valence-corrected chi connectivity index (χ2v) is 2.16. The van der Waals surface area contributed by atoms with E-state index < -0.39 is 0 Å². The van der Waals surface area contributed by atoms with Crippen molar-refractivity contribution < 1.29 is 10.4 Å². The van der Waals surface area contributed by atoms with Gasteiger partial charge in [-0.3, -0.25) is 0 Å². The van der Waals surface area contributed by atoms with Crippen LogP contribution in [0.15, 0.2) is 0 Å². The highest BCUT2D eigenvalue weighted by atomic mass is 16.5. The van der Waals surface area contributed by atoms with E-state index in [0.29, 0.717) is 19.0 Å². The summed E-state index contributed by atoms with van der Waals surface area (Å²) < 4.78 is 0. The quantitative estimate of drug-likeness (QED) is 0.399. The fourth-order valence-corrected chi connectivity index (χ4v) is 0.569. The van der Waals surface area contributed by atoms with Crippen molar-refractivity contribution in [2.45, 2.75) is 13.3 Å². The van der Waals surface area contributed by atoms with Gasteiger partial charge < -0.3 is 10.4 Å². The lowest BCUT2D eigenvalue weighted by molar-refractivity contribution is 0.135. The van der Waals surface area contributed by atoms with Crippen molar-refractivity contribution >= 4 is 0 Å². The smallest absolute Gasteiger partial charge is 0.0233 e. The molecule has 0 aliphatic carbocycles. The predicted molar refractivity (Wildman–Crippen MR) is 33.4 cm³/mol. The van der Waals surface area contributed by atoms with E-state index in [1.54, 1.807) is 0 Å². The second kappa shape index (κ2) is 5.97. The van der Waals surface area contributed by atoms with Crippen LogP contribution in [0.4, 0.5) is 0 Å². The molecule has 0 rings (SSSR count). The van der Waals surface area contributed by atoms with Crippen LogP contribution >= 0.6 is 0 Å². The molecular formula is C5H14N2O2. The molecule has 56 valence electrons. The molecular weight excluding hydrogens is 120 g/mol. The lowest BCUT2D eigenvalue weighted by Crippen LogP contribution is -2.20. The molecule has 0 amide bonds. The van der Waals surface area contributed by atoms with Crippen molar-refractivity contribution in [3.05, 3.63) is 0 Å². The summed E-state index contributed by atoms with van der Waals surface area (Å²) in [5.74, 6) is 0.384. The minimum Gasteiger partial charge on any atom is -0.317 e. The average Bonchev–Trinajstić information content (AvgIpc) is 1.85. The highest BCUT2D eigenvalue weighted by molar-refractivity contribution is 4.52. The summed E-state index contributed by atoms with van der Waals surface area (Å²) in [6.07, 6.45) is 0.851. The molecule has 0 bridgehead atoms. The Morgan fingerprint density at radius 2 is 2.00 bits per heavy atom. The highest BCUT2D eigenvalue weighted by Crippen LogP contribution is 1.96. The Bertz CT molecular complexity index is 60.9. The van der Waals surface area contributed by atoms with Crippen LogP contribution in [-0.2, 0) is 0 Å². The van der Waals surface area contributed by atoms with Gasteiger partial charge in [0.2, 0.25) is 0 Å². The van der Waals surface area contributed by atoms with E-state index in [0.717, 1.165) is 6.42 Å². The lowest BCUT2D eigenvalue weighted by atomic mass is 10.1. The normalized spacial score (nSPS) is 13.7. The first-order valence-electron chi connectivity index (χ1n) is 3.05. The van der Waals surface area contributed by atoms with Gasteiger partial charge in [-0.15, -0.1) is 0 Å². The summed E-state index contributed by atoms with van der Waals surface area (Å²) >= 11 is 0. The average molecular weight is 134 g/mol. The van der Waals surface area contributed by atoms with Crippen molar-refractivity contribution in [2.75, 3.05) is 13.1 Å². The van der Waals surface area contributed by atoms with E-state index in [4.69, 9.17) is 10.4 Å². The summed E-state index contributed by atoms with van der Waals surface area (Å²) in [6.45, 7) is 3.13. The molecule has 1 unspecified atom stereocenters. The third kappa shape index (κ3) is 5.72. The fourth-order valence-electron chi connectivity index (χ4n) is 0.569. The molecule has 0 heterocycles. The topological polar surface area (TPSA) is 64.5 Å². The Labute approximate surface area is 54.8 Å². The minimum absolute atomic E-state index is 0.384. The number of nitrogens with one attached hydrogen (secondary N) is 2. The largest absolute Gasteiger partial charge is 0.317 e. The fraction of sp³-hybridized carbons (Fsp3) is 1.00. The third-order valence-electron chi connectivity index (χ3n) is 1.19. The number of hydroxylamine groups is 2. The number of rotatable bonds is 5. The van der Waals surface area contributed by atoms with Crippen molar-refractivity contribution in [3.63, 3.8) is 0 Å². The Balaban J connectivity index is 2.95. The third-order valence-corrected chi connectivity index (χ3v) is 1.19. The van der Waals surface area contributed by atoms with Gasteiger partial charge in [0, 0.05) is 13.1 Å². The SMILES string of the molecule is CC(CCNO)CNO. The first-order chi connectivity index (χ1) is 4.31. The molecule has 9 heavy (non-hydrogen) atoms. The highest BCUT2D eigenvalue weighted by Gasteiger charge is 1.98. The van der Waals surface area contributed by atoms with Crippen LogP contribution in [-0.4, -0.2) is 23.5 Å². The van der Waals surface area contributed by atoms with Gasteiger partial charge in [-0.2, -0.15) is 0 Å². The Morgan fingerprint density at radius 3 is 2.44 bits per heavy atom. The molecule has 4 nitrogen and oxygen atoms in total. The van der Waals surface area contributed by atoms with E-state index in [9.17, 15) is 0 Å². The maximum atomic E-state index is 8.20. The Morgan fingerprint density at radius 1 is 1.33 bits per heavy atom. The molecule has 0 fully saturated rings. The van der Waals surface area contributed by atoms with E-state index in [1.807, 2.05) is 12.4 Å². The van der Waals surface area contributed by atoms with Gasteiger partial charge in [0.05, 0.1) is 0 Å². The Kier molecular flexibility index (Phi) is 5.86. The van der Waals surface area contributed by atoms with Gasteiger partial charge in [0.15, 0.2) is 0 Å². The van der Waals surface area contributed by atoms with Gasteiger partial charge in [0.1, 0.15) is 0 Å². The van der Waals surface area contributed by atoms with E-state index in [-0.39, 0.29) is 0 Å². The van der Waals surface area contributed by atoms with Crippen LogP contribution in [0, 0.1) is 5.92 Å². The van der Waals surface area contributed by atoms with Crippen LogP contribution in [0.25, 0.3) is 0 Å². The summed E-state index contributed by atoms with van der Waals surface area (Å²) in [7, 11) is 0. The molecule has 0 saturated carbocycles. The van der Waals surface area contributed by atoms with E-state index in [2.05, 4.69) is 5.48 Å². The molecule has 0 aromatic rings. The second-order valence-electron chi connectivity index (χ2n) is 2.16. The van der Waals surface area contributed by atoms with Crippen molar-refractivity contribution in [3.8, 4) is 0 Å². The van der Waals surface area contributed by atoms with Crippen LogP contribution in [0.5, 0.6) is 0 Å². The minimum atomic E-state index is 0.384. The number of hydrogen-bond acceptors (Lipinski definition) is 4. The maximum absolute atomic E-state index is 8.20. The van der Waals surface area contributed by atoms with Gasteiger partial charge >= 0.3 is 0 Å². The van der Waals surface area contributed by atoms with Crippen LogP contribution in [0.2, 0.25) is 0 Å². The first kappa shape index (κ1) is 8.84. The molecule has 4 N–H and O–H groups in total. The molecule has 0 aliphatic heterocycles. The van der Waals surface area contributed by atoms with Crippen molar-refractivity contribution in [2.24, 2.45) is 5.92 Å². The van der Waals surface area contributed by atoms with Gasteiger partial charge in [-0.1, -0.05) is 6.92 Å². The van der Waals surface area contributed by atoms with Gasteiger partial charge in [-0.05, 0) is 12.3 Å². The first-order valence-corrected chi connectivity index (χ1v) is 3.05. The van der Waals surface area contributed by atoms with E-state index in [1.165, 1.54) is 0 Å². The zero-order valence-electron chi connectivity index (χ0n) is 5.59. The zero-order valence-corrected chi connectivity index (χ0v) is 5.59. The molecule has 4 heteroatoms. The van der Waals surface area contributed by atoms with Crippen molar-refractivity contribution in [1.29, 1.82) is 0 Å². The Hall–Kier alpha value is -0.160. The van der Waals surface area contributed by atoms with Crippen molar-refractivity contribution in [1.82, 2.24) is 11.0 Å². The van der Waals surface area contributed by atoms with Crippen LogP contribution < -0.4 is 11.0 Å². The van der Waals surface area contributed by atoms with E-state index >= 15 is 0 Å². The standard InChI is InChI=1S/C5H14N2O2/c1-5(4-7-9)2-3-6-8/h5-9H,2-4H2,1H3. The lowest BCUT2D eigenvalue weighted by Gasteiger charge is -2.07. The van der Waals surface area contributed by atoms with Gasteiger partial charge in [-0.25, -0.2) is 11.0 Å². The zero-order chi connectivity index (χ0) is 7.11. The maximum Gasteiger partial charge on any atom is 0.0233 e. The van der Waals surface area contributed by atoms with Crippen LogP contribution in [0.1, 0.15) is 13.3 Å². The molecule has 1 atom stereocenters. The predicted octanol–water partition coefficient (Wildman–Crippen LogP) is -0.0298. The molecule has 0 spiro atoms. The monoisotopic (exact) mass is 134 g/mol. The van der Waals surface area contributed by atoms with Crippen LogP contribution in [0.3, 0.4) is 0 Å². The number of hydrogen-bond donors (Lipinski definition) is 4. The summed E-state index contributed by atoms with van der Waals surface area (Å²) in [5, 5.41) is 16.4. The van der Waals surface area contributed by atoms with Gasteiger partial charge in [0.25, 0.3) is 0 Å². The molecule has 0 aromatic heterocycles. The molecule has 0 saturated heterocycles.